The van der Waals surface area contributed by atoms with Crippen LogP contribution in [0.1, 0.15) is 19.3 Å². The smallest absolute Gasteiger partial charge is 0.330 e. The summed E-state index contributed by atoms with van der Waals surface area (Å²) in [5.74, 6) is -0.847. The molecule has 0 bridgehead atoms. The number of hydrogen-bond acceptors (Lipinski definition) is 8. The Morgan fingerprint density at radius 2 is 1.00 bits per heavy atom. The van der Waals surface area contributed by atoms with Crippen molar-refractivity contribution in [1.29, 1.82) is 0 Å². The predicted octanol–water partition coefficient (Wildman–Crippen LogP) is 3.79. The second-order valence-corrected chi connectivity index (χ2v) is 18.5. The Morgan fingerprint density at radius 1 is 0.633 bits per heavy atom. The van der Waals surface area contributed by atoms with Crippen molar-refractivity contribution < 1.29 is 36.1 Å². The number of rotatable bonds is 17. The van der Waals surface area contributed by atoms with Gasteiger partial charge in [-0.15, -0.1) is 0 Å². The van der Waals surface area contributed by atoms with Crippen molar-refractivity contribution in [2.75, 3.05) is 26.4 Å². The van der Waals surface area contributed by atoms with Crippen LogP contribution >= 0.6 is 0 Å². The van der Waals surface area contributed by atoms with E-state index < -0.39 is 37.6 Å². The van der Waals surface area contributed by atoms with E-state index in [4.69, 9.17) is 26.6 Å². The minimum Gasteiger partial charge on any atom is -0.463 e. The molecule has 30 heavy (non-hydrogen) atoms. The fraction of sp³-hybridized carbons (Fsp3) is 0.684. The highest BCUT2D eigenvalue weighted by molar-refractivity contribution is 6.84. The third-order valence-electron chi connectivity index (χ3n) is 3.53. The fourth-order valence-electron chi connectivity index (χ4n) is 2.63. The largest absolute Gasteiger partial charge is 0.463 e. The van der Waals surface area contributed by atoms with E-state index in [1.54, 1.807) is 0 Å². The van der Waals surface area contributed by atoms with Gasteiger partial charge < -0.3 is 26.6 Å². The molecule has 0 aromatic heterocycles. The van der Waals surface area contributed by atoms with Gasteiger partial charge >= 0.3 is 37.6 Å². The Bertz CT molecular complexity index is 564. The molecule has 0 radical (unpaired) electrons. The molecule has 0 saturated heterocycles. The first kappa shape index (κ1) is 28.9. The minimum atomic E-state index is -2.47. The van der Waals surface area contributed by atoms with Gasteiger partial charge in [-0.3, -0.25) is 0 Å². The lowest BCUT2D eigenvalue weighted by atomic mass is 10.3. The topological polar surface area (TPSA) is 89.5 Å². The van der Waals surface area contributed by atoms with Crippen LogP contribution in [-0.2, 0) is 36.1 Å². The highest BCUT2D eigenvalue weighted by Gasteiger charge is 2.41. The first-order chi connectivity index (χ1) is 13.8. The molecule has 0 saturated carbocycles. The van der Waals surface area contributed by atoms with E-state index in [0.717, 1.165) is 25.0 Å². The molecule has 0 fully saturated rings. The maximum Gasteiger partial charge on any atom is 0.330 e. The van der Waals surface area contributed by atoms with Crippen LogP contribution in [0.2, 0.25) is 39.3 Å². The van der Waals surface area contributed by atoms with E-state index in [0.29, 0.717) is 26.2 Å². The molecule has 0 aliphatic heterocycles. The molecule has 11 heteroatoms. The molecule has 0 atom stereocenters. The third-order valence-corrected chi connectivity index (χ3v) is 13.2. The number of carbonyl (C=O) groups is 2. The van der Waals surface area contributed by atoms with E-state index >= 15 is 0 Å². The van der Waals surface area contributed by atoms with Crippen molar-refractivity contribution in [1.82, 2.24) is 0 Å². The Labute approximate surface area is 184 Å². The van der Waals surface area contributed by atoms with Crippen molar-refractivity contribution >= 4 is 37.6 Å². The van der Waals surface area contributed by atoms with E-state index in [1.807, 2.05) is 39.3 Å². The second-order valence-electron chi connectivity index (χ2n) is 7.90. The van der Waals surface area contributed by atoms with E-state index in [1.165, 1.54) is 0 Å². The SMILES string of the molecule is C=CC(=O)OCCCCO[Si](C)(C)O[Si](C)(C)O[Si](C)(C)OCCCOC(=O)C=C. The van der Waals surface area contributed by atoms with E-state index in [-0.39, 0.29) is 6.61 Å². The minimum absolute atomic E-state index is 0.285. The normalized spacial score (nSPS) is 12.3. The highest BCUT2D eigenvalue weighted by atomic mass is 28.5. The molecule has 0 aromatic carbocycles. The molecule has 0 N–H and O–H groups in total. The zero-order valence-electron chi connectivity index (χ0n) is 19.3. The number of hydrogen-bond donors (Lipinski definition) is 0. The lowest BCUT2D eigenvalue weighted by molar-refractivity contribution is -0.138. The van der Waals surface area contributed by atoms with Gasteiger partial charge in [0.1, 0.15) is 0 Å². The Morgan fingerprint density at radius 3 is 1.43 bits per heavy atom. The summed E-state index contributed by atoms with van der Waals surface area (Å²) >= 11 is 0. The van der Waals surface area contributed by atoms with Crippen LogP contribution in [0, 0.1) is 0 Å². The van der Waals surface area contributed by atoms with Gasteiger partial charge in [0, 0.05) is 31.8 Å². The van der Waals surface area contributed by atoms with Gasteiger partial charge in [-0.05, 0) is 52.1 Å². The third kappa shape index (κ3) is 15.7. The van der Waals surface area contributed by atoms with Crippen molar-refractivity contribution in [3.8, 4) is 0 Å². The highest BCUT2D eigenvalue weighted by Crippen LogP contribution is 2.22. The van der Waals surface area contributed by atoms with E-state index in [2.05, 4.69) is 13.2 Å². The van der Waals surface area contributed by atoms with Crippen LogP contribution in [0.5, 0.6) is 0 Å². The Kier molecular flexibility index (Phi) is 13.6. The van der Waals surface area contributed by atoms with Gasteiger partial charge in [0.25, 0.3) is 0 Å². The van der Waals surface area contributed by atoms with Crippen molar-refractivity contribution in [2.45, 2.75) is 58.5 Å². The predicted molar refractivity (Wildman–Crippen MR) is 123 cm³/mol. The van der Waals surface area contributed by atoms with Crippen LogP contribution in [0.3, 0.4) is 0 Å². The molecule has 0 aromatic rings. The second kappa shape index (κ2) is 14.1. The average molecular weight is 479 g/mol. The van der Waals surface area contributed by atoms with Gasteiger partial charge in [-0.25, -0.2) is 9.59 Å². The van der Waals surface area contributed by atoms with Gasteiger partial charge in [0.05, 0.1) is 13.2 Å². The van der Waals surface area contributed by atoms with Crippen LogP contribution in [0.25, 0.3) is 0 Å². The monoisotopic (exact) mass is 478 g/mol. The molecular weight excluding hydrogens is 440 g/mol. The molecule has 0 amide bonds. The van der Waals surface area contributed by atoms with Crippen LogP contribution in [0.4, 0.5) is 0 Å². The van der Waals surface area contributed by atoms with Gasteiger partial charge in [-0.2, -0.15) is 0 Å². The Balaban J connectivity index is 4.25. The summed E-state index contributed by atoms with van der Waals surface area (Å²) in [6.07, 6.45) is 4.37. The molecule has 0 aliphatic carbocycles. The summed E-state index contributed by atoms with van der Waals surface area (Å²) in [5, 5.41) is 0. The van der Waals surface area contributed by atoms with Crippen molar-refractivity contribution in [3.63, 3.8) is 0 Å². The summed E-state index contributed by atoms with van der Waals surface area (Å²) in [4.78, 5) is 22.0. The summed E-state index contributed by atoms with van der Waals surface area (Å²) in [5.41, 5.74) is 0. The van der Waals surface area contributed by atoms with Crippen molar-refractivity contribution in [3.05, 3.63) is 25.3 Å². The summed E-state index contributed by atoms with van der Waals surface area (Å²) < 4.78 is 34.4. The number of esters is 2. The summed E-state index contributed by atoms with van der Waals surface area (Å²) in [7, 11) is -7.24. The Hall–Kier alpha value is -1.09. The average Bonchev–Trinajstić information content (AvgIpc) is 2.61. The number of ether oxygens (including phenoxy) is 2. The van der Waals surface area contributed by atoms with Gasteiger partial charge in [0.15, 0.2) is 0 Å². The summed E-state index contributed by atoms with van der Waals surface area (Å²) in [6, 6.07) is 0. The van der Waals surface area contributed by atoms with Gasteiger partial charge in [0.2, 0.25) is 0 Å². The van der Waals surface area contributed by atoms with Gasteiger partial charge in [-0.1, -0.05) is 13.2 Å². The number of carbonyl (C=O) groups excluding carboxylic acids is 2. The molecule has 8 nitrogen and oxygen atoms in total. The lowest BCUT2D eigenvalue weighted by Gasteiger charge is -2.37. The molecule has 0 spiro atoms. The zero-order valence-corrected chi connectivity index (χ0v) is 22.3. The molecular formula is C19H38O8Si3. The summed E-state index contributed by atoms with van der Waals surface area (Å²) in [6.45, 7) is 20.2. The van der Waals surface area contributed by atoms with E-state index in [9.17, 15) is 9.59 Å². The van der Waals surface area contributed by atoms with Crippen molar-refractivity contribution in [2.24, 2.45) is 0 Å². The quantitative estimate of drug-likeness (QED) is 0.135. The maximum atomic E-state index is 11.0. The molecule has 0 heterocycles. The first-order valence-corrected chi connectivity index (χ1v) is 18.5. The van der Waals surface area contributed by atoms with Crippen LogP contribution in [-0.4, -0.2) is 64.0 Å². The number of unbranched alkanes of at least 4 members (excludes halogenated alkanes) is 1. The zero-order chi connectivity index (χ0) is 23.3. The molecule has 0 unspecified atom stereocenters. The fourth-order valence-corrected chi connectivity index (χ4v) is 14.4. The van der Waals surface area contributed by atoms with Crippen LogP contribution < -0.4 is 0 Å². The standard InChI is InChI=1S/C19H38O8Si3/c1-9-18(20)22-14-11-12-16-24-28(3,4)26-30(7,8)27-29(5,6)25-17-13-15-23-19(21)10-2/h9-10H,1-2,11-17H2,3-8H3. The maximum absolute atomic E-state index is 11.0. The molecule has 174 valence electrons. The van der Waals surface area contributed by atoms with Crippen LogP contribution in [0.15, 0.2) is 25.3 Å². The molecule has 0 rings (SSSR count). The first-order valence-electron chi connectivity index (χ1n) is 10.1. The molecule has 0 aliphatic rings. The lowest BCUT2D eigenvalue weighted by Crippen LogP contribution is -2.54.